The highest BCUT2D eigenvalue weighted by Crippen LogP contribution is 2.15. The van der Waals surface area contributed by atoms with E-state index in [1.807, 2.05) is 0 Å². The minimum atomic E-state index is -0.778. The van der Waals surface area contributed by atoms with Gasteiger partial charge in [-0.25, -0.2) is 4.39 Å². The van der Waals surface area contributed by atoms with E-state index in [-0.39, 0.29) is 18.4 Å². The molecule has 0 bridgehead atoms. The first-order chi connectivity index (χ1) is 15.3. The molecule has 32 heavy (non-hydrogen) atoms. The Balaban J connectivity index is 1.54. The number of hydrogen-bond acceptors (Lipinski definition) is 3. The van der Waals surface area contributed by atoms with Crippen molar-refractivity contribution in [3.8, 4) is 0 Å². The van der Waals surface area contributed by atoms with E-state index in [1.54, 1.807) is 55.5 Å². The Morgan fingerprint density at radius 3 is 2.38 bits per heavy atom. The van der Waals surface area contributed by atoms with Gasteiger partial charge in [0.15, 0.2) is 0 Å². The van der Waals surface area contributed by atoms with Crippen LogP contribution in [0.4, 0.5) is 10.1 Å². The smallest absolute Gasteiger partial charge is 0.255 e. The van der Waals surface area contributed by atoms with Crippen LogP contribution in [0.25, 0.3) is 0 Å². The molecule has 0 aliphatic carbocycles. The van der Waals surface area contributed by atoms with Crippen LogP contribution in [0.1, 0.15) is 33.2 Å². The minimum absolute atomic E-state index is 0.200. The second-order valence-corrected chi connectivity index (χ2v) is 7.46. The number of carbonyl (C=O) groups excluding carboxylic acids is 3. The lowest BCUT2D eigenvalue weighted by Crippen LogP contribution is -2.44. The molecule has 164 valence electrons. The van der Waals surface area contributed by atoms with Crippen LogP contribution >= 0.6 is 11.6 Å². The van der Waals surface area contributed by atoms with E-state index in [9.17, 15) is 18.8 Å². The third kappa shape index (κ3) is 6.15. The second-order valence-electron chi connectivity index (χ2n) is 7.05. The SMILES string of the molecule is CC(NC(=O)c1ccccc1Cl)C(=O)NCc1cccc(NC(=O)c2ccc(F)cc2)c1. The first-order valence-corrected chi connectivity index (χ1v) is 10.2. The molecular weight excluding hydrogens is 433 g/mol. The fourth-order valence-electron chi connectivity index (χ4n) is 2.89. The van der Waals surface area contributed by atoms with Gasteiger partial charge < -0.3 is 16.0 Å². The lowest BCUT2D eigenvalue weighted by atomic mass is 10.1. The predicted molar refractivity (Wildman–Crippen MR) is 121 cm³/mol. The highest BCUT2D eigenvalue weighted by atomic mass is 35.5. The van der Waals surface area contributed by atoms with Crippen molar-refractivity contribution in [2.24, 2.45) is 0 Å². The Bertz CT molecular complexity index is 1140. The summed E-state index contributed by atoms with van der Waals surface area (Å²) < 4.78 is 13.0. The van der Waals surface area contributed by atoms with E-state index >= 15 is 0 Å². The Kier molecular flexibility index (Phi) is 7.57. The van der Waals surface area contributed by atoms with Crippen molar-refractivity contribution in [2.75, 3.05) is 5.32 Å². The summed E-state index contributed by atoms with van der Waals surface area (Å²) in [6.07, 6.45) is 0. The van der Waals surface area contributed by atoms with Crippen molar-refractivity contribution in [1.29, 1.82) is 0 Å². The first kappa shape index (κ1) is 23.0. The van der Waals surface area contributed by atoms with Gasteiger partial charge >= 0.3 is 0 Å². The first-order valence-electron chi connectivity index (χ1n) is 9.82. The van der Waals surface area contributed by atoms with Crippen LogP contribution in [0.15, 0.2) is 72.8 Å². The molecule has 0 aliphatic heterocycles. The standard InChI is InChI=1S/C24H21ClFN3O3/c1-15(28-24(32)20-7-2-3-8-21(20)25)22(30)27-14-16-5-4-6-19(13-16)29-23(31)17-9-11-18(26)12-10-17/h2-13,15H,14H2,1H3,(H,27,30)(H,28,32)(H,29,31). The molecule has 0 spiro atoms. The summed E-state index contributed by atoms with van der Waals surface area (Å²) in [5.41, 5.74) is 1.90. The molecule has 0 aliphatic rings. The number of benzene rings is 3. The molecule has 0 saturated heterocycles. The second kappa shape index (κ2) is 10.5. The monoisotopic (exact) mass is 453 g/mol. The number of hydrogen-bond donors (Lipinski definition) is 3. The van der Waals surface area contributed by atoms with E-state index in [2.05, 4.69) is 16.0 Å². The van der Waals surface area contributed by atoms with Gasteiger partial charge in [0, 0.05) is 17.8 Å². The van der Waals surface area contributed by atoms with Crippen molar-refractivity contribution < 1.29 is 18.8 Å². The maximum Gasteiger partial charge on any atom is 0.255 e. The number of amides is 3. The molecule has 0 heterocycles. The Morgan fingerprint density at radius 1 is 0.938 bits per heavy atom. The lowest BCUT2D eigenvalue weighted by molar-refractivity contribution is -0.122. The van der Waals surface area contributed by atoms with Crippen molar-refractivity contribution in [3.63, 3.8) is 0 Å². The van der Waals surface area contributed by atoms with Gasteiger partial charge in [-0.2, -0.15) is 0 Å². The zero-order valence-electron chi connectivity index (χ0n) is 17.2. The number of rotatable bonds is 7. The fourth-order valence-corrected chi connectivity index (χ4v) is 3.11. The van der Waals surface area contributed by atoms with Crippen LogP contribution in [0, 0.1) is 5.82 Å². The normalized spacial score (nSPS) is 11.3. The molecule has 1 unspecified atom stereocenters. The van der Waals surface area contributed by atoms with Crippen LogP contribution < -0.4 is 16.0 Å². The minimum Gasteiger partial charge on any atom is -0.350 e. The summed E-state index contributed by atoms with van der Waals surface area (Å²) in [6.45, 7) is 1.77. The molecule has 0 aromatic heterocycles. The van der Waals surface area contributed by atoms with Crippen molar-refractivity contribution in [3.05, 3.63) is 100 Å². The van der Waals surface area contributed by atoms with E-state index in [0.717, 1.165) is 5.56 Å². The van der Waals surface area contributed by atoms with Gasteiger partial charge in [0.2, 0.25) is 5.91 Å². The van der Waals surface area contributed by atoms with Gasteiger partial charge in [-0.3, -0.25) is 14.4 Å². The molecule has 6 nitrogen and oxygen atoms in total. The highest BCUT2D eigenvalue weighted by molar-refractivity contribution is 6.33. The van der Waals surface area contributed by atoms with Crippen LogP contribution in [0.2, 0.25) is 5.02 Å². The zero-order valence-corrected chi connectivity index (χ0v) is 17.9. The van der Waals surface area contributed by atoms with Gasteiger partial charge in [-0.05, 0) is 61.0 Å². The van der Waals surface area contributed by atoms with Gasteiger partial charge in [0.25, 0.3) is 11.8 Å². The van der Waals surface area contributed by atoms with Gasteiger partial charge in [0.1, 0.15) is 11.9 Å². The van der Waals surface area contributed by atoms with Crippen LogP contribution in [0.5, 0.6) is 0 Å². The molecule has 3 aromatic rings. The summed E-state index contributed by atoms with van der Waals surface area (Å²) in [6, 6.07) is 18.0. The van der Waals surface area contributed by atoms with E-state index < -0.39 is 17.8 Å². The van der Waals surface area contributed by atoms with Crippen molar-refractivity contribution >= 4 is 35.0 Å². The average Bonchev–Trinajstić information content (AvgIpc) is 2.78. The summed E-state index contributed by atoms with van der Waals surface area (Å²) in [5, 5.41) is 8.40. The van der Waals surface area contributed by atoms with Crippen LogP contribution in [-0.2, 0) is 11.3 Å². The molecule has 0 fully saturated rings. The van der Waals surface area contributed by atoms with Gasteiger partial charge in [-0.1, -0.05) is 35.9 Å². The third-order valence-corrected chi connectivity index (χ3v) is 4.95. The molecule has 3 aromatic carbocycles. The number of carbonyl (C=O) groups is 3. The van der Waals surface area contributed by atoms with E-state index in [1.165, 1.54) is 24.3 Å². The largest absolute Gasteiger partial charge is 0.350 e. The summed E-state index contributed by atoms with van der Waals surface area (Å²) in [5.74, 6) is -1.60. The van der Waals surface area contributed by atoms with Crippen LogP contribution in [-0.4, -0.2) is 23.8 Å². The van der Waals surface area contributed by atoms with E-state index in [4.69, 9.17) is 11.6 Å². The molecule has 3 rings (SSSR count). The Hall–Kier alpha value is -3.71. The topological polar surface area (TPSA) is 87.3 Å². The van der Waals surface area contributed by atoms with Crippen molar-refractivity contribution in [1.82, 2.24) is 10.6 Å². The van der Waals surface area contributed by atoms with Gasteiger partial charge in [-0.15, -0.1) is 0 Å². The van der Waals surface area contributed by atoms with Crippen molar-refractivity contribution in [2.45, 2.75) is 19.5 Å². The lowest BCUT2D eigenvalue weighted by Gasteiger charge is -2.15. The molecular formula is C24H21ClFN3O3. The Labute approximate surface area is 189 Å². The Morgan fingerprint density at radius 2 is 1.66 bits per heavy atom. The molecule has 1 atom stereocenters. The quantitative estimate of drug-likeness (QED) is 0.502. The zero-order chi connectivity index (χ0) is 23.1. The molecule has 3 N–H and O–H groups in total. The number of nitrogens with one attached hydrogen (secondary N) is 3. The maximum atomic E-state index is 13.0. The summed E-state index contributed by atoms with van der Waals surface area (Å²) in [4.78, 5) is 37.0. The summed E-state index contributed by atoms with van der Waals surface area (Å²) >= 11 is 6.01. The number of anilines is 1. The fraction of sp³-hybridized carbons (Fsp3) is 0.125. The number of halogens is 2. The summed E-state index contributed by atoms with van der Waals surface area (Å²) in [7, 11) is 0. The van der Waals surface area contributed by atoms with Gasteiger partial charge in [0.05, 0.1) is 10.6 Å². The third-order valence-electron chi connectivity index (χ3n) is 4.62. The average molecular weight is 454 g/mol. The molecule has 0 saturated carbocycles. The molecule has 0 radical (unpaired) electrons. The van der Waals surface area contributed by atoms with E-state index in [0.29, 0.717) is 21.8 Å². The molecule has 8 heteroatoms. The van der Waals surface area contributed by atoms with Crippen LogP contribution in [0.3, 0.4) is 0 Å². The maximum absolute atomic E-state index is 13.0. The predicted octanol–water partition coefficient (Wildman–Crippen LogP) is 4.17. The highest BCUT2D eigenvalue weighted by Gasteiger charge is 2.18. The molecule has 3 amide bonds.